The van der Waals surface area contributed by atoms with Crippen LogP contribution in [0.1, 0.15) is 59.5 Å². The molecule has 8 rings (SSSR count). The summed E-state index contributed by atoms with van der Waals surface area (Å²) in [7, 11) is 0. The van der Waals surface area contributed by atoms with E-state index in [4.69, 9.17) is 20.9 Å². The van der Waals surface area contributed by atoms with Gasteiger partial charge in [0.05, 0.1) is 39.5 Å². The van der Waals surface area contributed by atoms with Crippen molar-refractivity contribution in [1.29, 1.82) is 0 Å². The van der Waals surface area contributed by atoms with E-state index < -0.39 is 129 Å². The van der Waals surface area contributed by atoms with Crippen molar-refractivity contribution in [1.82, 2.24) is 40.2 Å². The molecule has 0 radical (unpaired) electrons. The fourth-order valence-corrected chi connectivity index (χ4v) is 10.6. The highest BCUT2D eigenvalue weighted by molar-refractivity contribution is 5.99. The van der Waals surface area contributed by atoms with Gasteiger partial charge in [0.15, 0.2) is 6.04 Å². The average Bonchev–Trinajstić information content (AvgIpc) is 2.08. The minimum Gasteiger partial charge on any atom is -0.489 e. The van der Waals surface area contributed by atoms with E-state index in [1.807, 2.05) is 30.3 Å². The van der Waals surface area contributed by atoms with Crippen molar-refractivity contribution >= 4 is 52.4 Å². The Morgan fingerprint density at radius 3 is 1.76 bits per heavy atom. The minimum atomic E-state index is -2.26. The summed E-state index contributed by atoms with van der Waals surface area (Å²) in [6.07, 6.45) is -4.20. The number of ether oxygens (including phenoxy) is 2. The Balaban J connectivity index is 1.33. The van der Waals surface area contributed by atoms with Crippen LogP contribution in [0.2, 0.25) is 0 Å². The smallest absolute Gasteiger partial charge is 0.433 e. The van der Waals surface area contributed by atoms with Crippen LogP contribution in [0, 0.1) is 24.5 Å². The first kappa shape index (κ1) is 62.5. The lowest BCUT2D eigenvalue weighted by atomic mass is 9.98. The molecule has 7 atom stereocenters. The summed E-state index contributed by atoms with van der Waals surface area (Å²) >= 11 is 0. The zero-order valence-corrected chi connectivity index (χ0v) is 46.7. The molecule has 1 aromatic heterocycles. The SMILES string of the molecule is NCCCC[C@H]1C(=O)N(N=O)[C@@H](Cc2ccc(OCc3ccccc3)cc2)C(=O)N(N=O)[C@@H](Cc2ccccc2)C(=O)N2C[C@H](OC(=O)N(CCN)N=O)C[C@H]2C(=O)N(N=O)[C@@H](c2ccccc2)C(=O)N[C@H](Cc2c[nH]c3ccccc23)C(=O)N1N=O. The fraction of sp³-hybridized carbons (Fsp3) is 0.328. The predicted octanol–water partition coefficient (Wildman–Crippen LogP) is 5.34. The molecule has 0 bridgehead atoms. The zero-order valence-electron chi connectivity index (χ0n) is 46.7. The molecular weight excluding hydrogens is 1130 g/mol. The number of para-hydroxylation sites is 1. The number of H-pyrrole nitrogens is 1. The molecule has 0 aliphatic carbocycles. The molecule has 0 saturated carbocycles. The maximum absolute atomic E-state index is 15.8. The molecule has 6 aromatic rings. The van der Waals surface area contributed by atoms with Gasteiger partial charge in [-0.25, -0.2) is 4.79 Å². The molecule has 2 aliphatic rings. The van der Waals surface area contributed by atoms with E-state index in [1.165, 1.54) is 66.9 Å². The number of fused-ring (bicyclic) bond motifs is 2. The van der Waals surface area contributed by atoms with Crippen LogP contribution < -0.4 is 21.5 Å². The Kier molecular flexibility index (Phi) is 21.4. The van der Waals surface area contributed by atoms with Crippen molar-refractivity contribution in [2.75, 3.05) is 26.2 Å². The van der Waals surface area contributed by atoms with E-state index in [1.54, 1.807) is 48.5 Å². The van der Waals surface area contributed by atoms with Crippen LogP contribution in [-0.4, -0.2) is 139 Å². The monoisotopic (exact) mass is 1190 g/mol. The van der Waals surface area contributed by atoms with Crippen LogP contribution in [0.5, 0.6) is 5.75 Å². The Labute approximate surface area is 495 Å². The third-order valence-electron chi connectivity index (χ3n) is 14.9. The van der Waals surface area contributed by atoms with E-state index in [-0.39, 0.29) is 69.3 Å². The highest BCUT2D eigenvalue weighted by Gasteiger charge is 2.52. The predicted molar refractivity (Wildman–Crippen MR) is 311 cm³/mol. The number of aromatic nitrogens is 1. The van der Waals surface area contributed by atoms with Crippen LogP contribution in [0.3, 0.4) is 0 Å². The molecule has 87 heavy (non-hydrogen) atoms. The molecule has 5 aromatic carbocycles. The lowest BCUT2D eigenvalue weighted by molar-refractivity contribution is -0.158. The van der Waals surface area contributed by atoms with Crippen molar-refractivity contribution in [3.8, 4) is 5.75 Å². The first-order valence-corrected chi connectivity index (χ1v) is 27.6. The molecule has 29 heteroatoms. The average molecular weight is 1190 g/mol. The van der Waals surface area contributed by atoms with Crippen molar-refractivity contribution in [3.63, 3.8) is 0 Å². The van der Waals surface area contributed by atoms with Gasteiger partial charge < -0.3 is 36.1 Å². The van der Waals surface area contributed by atoms with Gasteiger partial charge in [-0.1, -0.05) is 121 Å². The van der Waals surface area contributed by atoms with E-state index in [0.717, 1.165) is 10.5 Å². The van der Waals surface area contributed by atoms with Gasteiger partial charge >= 0.3 is 6.09 Å². The topological polar surface area (TPSA) is 384 Å². The number of hydrogen-bond donors (Lipinski definition) is 4. The lowest BCUT2D eigenvalue weighted by Crippen LogP contribution is -2.61. The van der Waals surface area contributed by atoms with Gasteiger partial charge in [-0.15, -0.1) is 24.5 Å². The second-order valence-electron chi connectivity index (χ2n) is 20.4. The largest absolute Gasteiger partial charge is 0.489 e. The van der Waals surface area contributed by atoms with E-state index in [2.05, 4.69) is 36.7 Å². The van der Waals surface area contributed by atoms with Crippen LogP contribution in [0.15, 0.2) is 172 Å². The number of nitroso groups, excluding NO2 is 5. The molecule has 6 N–H and O–H groups in total. The van der Waals surface area contributed by atoms with Crippen LogP contribution in [-0.2, 0) is 59.4 Å². The van der Waals surface area contributed by atoms with E-state index in [0.29, 0.717) is 27.2 Å². The van der Waals surface area contributed by atoms with Gasteiger partial charge in [0.2, 0.25) is 11.8 Å². The summed E-state index contributed by atoms with van der Waals surface area (Å²) in [5.74, 6) is -8.01. The summed E-state index contributed by atoms with van der Waals surface area (Å²) in [6.45, 7) is -1.26. The number of rotatable bonds is 22. The summed E-state index contributed by atoms with van der Waals surface area (Å²) in [4.78, 5) is 176. The molecule has 2 aliphatic heterocycles. The number of carbonyl (C=O) groups is 7. The maximum Gasteiger partial charge on any atom is 0.433 e. The Morgan fingerprint density at radius 1 is 0.586 bits per heavy atom. The summed E-state index contributed by atoms with van der Waals surface area (Å²) in [5.41, 5.74) is 13.6. The van der Waals surface area contributed by atoms with Gasteiger partial charge in [-0.05, 0) is 71.8 Å². The molecule has 0 unspecified atom stereocenters. The molecule has 3 heterocycles. The maximum atomic E-state index is 15.8. The van der Waals surface area contributed by atoms with Crippen molar-refractivity contribution in [2.45, 2.75) is 93.9 Å². The normalized spacial score (nSPS) is 20.7. The standard InChI is InChI=1S/C58H61N15O14/c59-27-13-12-22-47-55(77)72(66-84)50(31-38-23-25-42(26-24-38)86-36-39-16-6-2-7-17-39)57(79)71(65-83)49(30-37-14-4-1-5-15-37)54(76)68-35-43(87-58(80)69(63-81)29-28-60)33-48(68)56(78)73(67-85)51(40-18-8-3-9-19-40)52(74)62-46(53(75)70(47)64-82)32-41-34-61-45-21-11-10-20-44(41)45/h1-11,14-21,23-26,34,43,46-51,61H,12-13,22,27-33,35-36,59-60H2,(H,62,74)/t43-,46-,47+,48+,49+,50+,51+/m1/s1. The van der Waals surface area contributed by atoms with Crippen LogP contribution >= 0.6 is 0 Å². The number of nitrogens with one attached hydrogen (secondary N) is 2. The van der Waals surface area contributed by atoms with Crippen molar-refractivity contribution in [3.05, 3.63) is 198 Å². The number of unbranched alkanes of at least 4 members (excludes halogenated alkanes) is 1. The van der Waals surface area contributed by atoms with Gasteiger partial charge in [0.1, 0.15) is 48.7 Å². The van der Waals surface area contributed by atoms with Gasteiger partial charge in [0, 0.05) is 49.3 Å². The molecule has 29 nitrogen and oxygen atoms in total. The number of aromatic amines is 1. The van der Waals surface area contributed by atoms with Crippen molar-refractivity contribution in [2.24, 2.45) is 37.9 Å². The third-order valence-corrected chi connectivity index (χ3v) is 14.9. The molecule has 2 fully saturated rings. The number of hydrogen-bond acceptors (Lipinski definition) is 21. The minimum absolute atomic E-state index is 0.0285. The van der Waals surface area contributed by atoms with Crippen molar-refractivity contribution < 1.29 is 43.0 Å². The fourth-order valence-electron chi connectivity index (χ4n) is 10.6. The van der Waals surface area contributed by atoms with Gasteiger partial charge in [0.25, 0.3) is 23.6 Å². The number of carbonyl (C=O) groups excluding carboxylic acids is 7. The molecule has 7 amide bonds. The third kappa shape index (κ3) is 14.7. The van der Waals surface area contributed by atoms with E-state index in [9.17, 15) is 29.3 Å². The number of benzene rings is 5. The summed E-state index contributed by atoms with van der Waals surface area (Å²) in [5, 5.41) is 18.8. The van der Waals surface area contributed by atoms with E-state index >= 15 is 28.8 Å². The Morgan fingerprint density at radius 2 is 1.15 bits per heavy atom. The van der Waals surface area contributed by atoms with Gasteiger partial charge in [-0.3, -0.25) is 28.8 Å². The zero-order chi connectivity index (χ0) is 62.0. The highest BCUT2D eigenvalue weighted by atomic mass is 16.6. The highest BCUT2D eigenvalue weighted by Crippen LogP contribution is 2.33. The molecule has 2 saturated heterocycles. The molecular formula is C58H61N15O14. The second-order valence-corrected chi connectivity index (χ2v) is 20.4. The first-order chi connectivity index (χ1) is 42.3. The number of nitrogens with two attached hydrogens (primary N) is 2. The Bertz CT molecular complexity index is 3440. The van der Waals surface area contributed by atoms with Crippen LogP contribution in [0.25, 0.3) is 10.9 Å². The van der Waals surface area contributed by atoms with Gasteiger partial charge in [-0.2, -0.15) is 25.0 Å². The lowest BCUT2D eigenvalue weighted by Gasteiger charge is -2.36. The quantitative estimate of drug-likeness (QED) is 0.0379. The molecule has 452 valence electrons. The summed E-state index contributed by atoms with van der Waals surface area (Å²) in [6, 6.07) is 24.3. The Hall–Kier alpha value is -10.6. The first-order valence-electron chi connectivity index (χ1n) is 27.6. The van der Waals surface area contributed by atoms with Crippen LogP contribution in [0.4, 0.5) is 4.79 Å². The second kappa shape index (κ2) is 29.8. The summed E-state index contributed by atoms with van der Waals surface area (Å²) < 4.78 is 11.6. The number of amides is 7. The number of nitrogens with zero attached hydrogens (tertiary/aromatic N) is 11. The molecule has 0 spiro atoms.